The van der Waals surface area contributed by atoms with Crippen LogP contribution in [0, 0.1) is 10.1 Å². The van der Waals surface area contributed by atoms with E-state index in [4.69, 9.17) is 0 Å². The summed E-state index contributed by atoms with van der Waals surface area (Å²) in [5.41, 5.74) is -0.321. The van der Waals surface area contributed by atoms with E-state index >= 15 is 0 Å². The van der Waals surface area contributed by atoms with Crippen LogP contribution in [-0.2, 0) is 4.74 Å². The molecule has 0 bridgehead atoms. The van der Waals surface area contributed by atoms with Crippen molar-refractivity contribution < 1.29 is 28.8 Å². The smallest absolute Gasteiger partial charge is 0.356 e. The topological polar surface area (TPSA) is 271 Å². The molecule has 7 N–H and O–H groups in total. The highest BCUT2D eigenvalue weighted by atomic mass is 16.6. The van der Waals surface area contributed by atoms with E-state index in [-0.39, 0.29) is 40.2 Å². The number of H-pyrrole nitrogens is 4. The molecule has 0 saturated carbocycles. The molecule has 184 valence electrons. The molecule has 36 heavy (non-hydrogen) atoms. The molecule has 0 aliphatic rings. The van der Waals surface area contributed by atoms with Gasteiger partial charge in [-0.15, -0.1) is 5.10 Å². The van der Waals surface area contributed by atoms with Crippen LogP contribution in [0.5, 0.6) is 0 Å². The SMILES string of the molecule is COC(=O)c1cc(NC(=O)c2cc(NC(=O)c3cc(NC(=O)c4cc([N+](=O)[O-])[nH]n4)n[nH]3)n[nH]2)n[nH]1. The summed E-state index contributed by atoms with van der Waals surface area (Å²) in [6.45, 7) is 0. The molecule has 0 saturated heterocycles. The van der Waals surface area contributed by atoms with Crippen LogP contribution in [0.4, 0.5) is 23.3 Å². The third kappa shape index (κ3) is 5.03. The number of amides is 3. The Morgan fingerprint density at radius 1 is 0.750 bits per heavy atom. The molecular formula is C17H14N12O7. The van der Waals surface area contributed by atoms with Gasteiger partial charge in [0.1, 0.15) is 17.1 Å². The lowest BCUT2D eigenvalue weighted by Gasteiger charge is -1.98. The van der Waals surface area contributed by atoms with Crippen LogP contribution >= 0.6 is 0 Å². The lowest BCUT2D eigenvalue weighted by atomic mass is 10.3. The van der Waals surface area contributed by atoms with Gasteiger partial charge in [-0.2, -0.15) is 15.3 Å². The normalized spacial score (nSPS) is 10.5. The third-order valence-corrected chi connectivity index (χ3v) is 4.35. The minimum Gasteiger partial charge on any atom is -0.464 e. The van der Waals surface area contributed by atoms with Crippen molar-refractivity contribution in [2.24, 2.45) is 0 Å². The summed E-state index contributed by atoms with van der Waals surface area (Å²) in [6, 6.07) is 4.64. The molecule has 4 heterocycles. The molecule has 3 amide bonds. The summed E-state index contributed by atoms with van der Waals surface area (Å²) in [7, 11) is 1.19. The minimum atomic E-state index is -0.795. The van der Waals surface area contributed by atoms with E-state index in [1.54, 1.807) is 0 Å². The molecule has 19 heteroatoms. The Balaban J connectivity index is 1.34. The van der Waals surface area contributed by atoms with E-state index in [1.165, 1.54) is 25.3 Å². The summed E-state index contributed by atoms with van der Waals surface area (Å²) in [5, 5.41) is 42.0. The van der Waals surface area contributed by atoms with Crippen LogP contribution in [0.15, 0.2) is 24.3 Å². The highest BCUT2D eigenvalue weighted by Gasteiger charge is 2.20. The van der Waals surface area contributed by atoms with Crippen molar-refractivity contribution in [3.8, 4) is 0 Å². The third-order valence-electron chi connectivity index (χ3n) is 4.35. The number of rotatable bonds is 8. The summed E-state index contributed by atoms with van der Waals surface area (Å²) in [6.07, 6.45) is 0. The lowest BCUT2D eigenvalue weighted by Crippen LogP contribution is -2.13. The van der Waals surface area contributed by atoms with E-state index in [0.29, 0.717) is 0 Å². The first-order valence-corrected chi connectivity index (χ1v) is 9.62. The minimum absolute atomic E-state index is 0.00792. The van der Waals surface area contributed by atoms with E-state index in [0.717, 1.165) is 6.07 Å². The summed E-state index contributed by atoms with van der Waals surface area (Å²) in [4.78, 5) is 58.2. The van der Waals surface area contributed by atoms with Gasteiger partial charge in [-0.25, -0.2) is 4.79 Å². The molecule has 0 spiro atoms. The standard InChI is InChI=1S/C17H14N12O7/c1-36-17(33)9-4-12(27-24-9)20-15(31)7-2-10(25-22-7)18-14(30)6-3-11(26-21-6)19-16(32)8-5-13(28-23-8)29(34)35/h2-5H,1H3,(H,23,28)(H2,18,22,25,30)(H2,19,21,26,32)(H2,20,24,27,31). The molecule has 0 radical (unpaired) electrons. The Bertz CT molecular complexity index is 1480. The van der Waals surface area contributed by atoms with Crippen molar-refractivity contribution in [1.82, 2.24) is 40.8 Å². The van der Waals surface area contributed by atoms with Gasteiger partial charge < -0.3 is 30.8 Å². The zero-order valence-corrected chi connectivity index (χ0v) is 17.9. The van der Waals surface area contributed by atoms with Crippen LogP contribution in [0.25, 0.3) is 0 Å². The average Bonchev–Trinajstić information content (AvgIpc) is 3.65. The molecule has 4 aromatic heterocycles. The maximum absolute atomic E-state index is 12.4. The van der Waals surface area contributed by atoms with Crippen LogP contribution in [0.1, 0.15) is 42.0 Å². The highest BCUT2D eigenvalue weighted by Crippen LogP contribution is 2.14. The zero-order chi connectivity index (χ0) is 25.8. The highest BCUT2D eigenvalue weighted by molar-refractivity contribution is 6.07. The number of nitrogens with zero attached hydrogens (tertiary/aromatic N) is 5. The Morgan fingerprint density at radius 3 is 1.69 bits per heavy atom. The van der Waals surface area contributed by atoms with Gasteiger partial charge >= 0.3 is 11.8 Å². The molecule has 19 nitrogen and oxygen atoms in total. The fourth-order valence-electron chi connectivity index (χ4n) is 2.67. The van der Waals surface area contributed by atoms with E-state index in [9.17, 15) is 29.3 Å². The van der Waals surface area contributed by atoms with E-state index < -0.39 is 34.4 Å². The predicted octanol–water partition coefficient (Wildman–Crippen LogP) is 0.0307. The quantitative estimate of drug-likeness (QED) is 0.0966. The number of aromatic nitrogens is 8. The van der Waals surface area contributed by atoms with Gasteiger partial charge in [-0.05, 0) is 4.92 Å². The molecule has 0 fully saturated rings. The number of nitro groups is 1. The van der Waals surface area contributed by atoms with Crippen LogP contribution < -0.4 is 16.0 Å². The van der Waals surface area contributed by atoms with E-state index in [2.05, 4.69) is 61.5 Å². The Labute approximate surface area is 197 Å². The Hall–Kier alpha value is -5.88. The molecule has 0 unspecified atom stereocenters. The number of carbonyl (C=O) groups is 4. The van der Waals surface area contributed by atoms with Gasteiger partial charge in [0.2, 0.25) is 0 Å². The lowest BCUT2D eigenvalue weighted by molar-refractivity contribution is -0.389. The monoisotopic (exact) mass is 498 g/mol. The molecule has 0 aliphatic carbocycles. The number of aromatic amines is 4. The van der Waals surface area contributed by atoms with Crippen molar-refractivity contribution in [3.05, 3.63) is 57.2 Å². The largest absolute Gasteiger partial charge is 0.464 e. The zero-order valence-electron chi connectivity index (χ0n) is 17.9. The Kier molecular flexibility index (Phi) is 6.17. The fraction of sp³-hybridized carbons (Fsp3) is 0.0588. The van der Waals surface area contributed by atoms with Crippen molar-refractivity contribution in [2.75, 3.05) is 23.1 Å². The van der Waals surface area contributed by atoms with Crippen molar-refractivity contribution >= 4 is 47.0 Å². The van der Waals surface area contributed by atoms with Gasteiger partial charge in [0.05, 0.1) is 13.2 Å². The van der Waals surface area contributed by atoms with Gasteiger partial charge in [-0.1, -0.05) is 5.10 Å². The number of esters is 1. The maximum Gasteiger partial charge on any atom is 0.356 e. The first-order valence-electron chi connectivity index (χ1n) is 9.62. The molecule has 4 rings (SSSR count). The predicted molar refractivity (Wildman–Crippen MR) is 116 cm³/mol. The van der Waals surface area contributed by atoms with Crippen molar-refractivity contribution in [3.63, 3.8) is 0 Å². The van der Waals surface area contributed by atoms with Gasteiger partial charge in [0.25, 0.3) is 17.7 Å². The second-order valence-electron chi connectivity index (χ2n) is 6.75. The number of anilines is 3. The first kappa shape index (κ1) is 23.3. The maximum atomic E-state index is 12.4. The number of hydrogen-bond acceptors (Lipinski definition) is 11. The van der Waals surface area contributed by atoms with Crippen LogP contribution in [0.3, 0.4) is 0 Å². The number of nitrogens with one attached hydrogen (secondary N) is 7. The molecule has 0 aromatic carbocycles. The number of ether oxygens (including phenoxy) is 1. The van der Waals surface area contributed by atoms with Crippen LogP contribution in [0.2, 0.25) is 0 Å². The fourth-order valence-corrected chi connectivity index (χ4v) is 2.67. The van der Waals surface area contributed by atoms with Gasteiger partial charge in [0, 0.05) is 18.2 Å². The van der Waals surface area contributed by atoms with Gasteiger partial charge in [0.15, 0.2) is 23.1 Å². The average molecular weight is 498 g/mol. The second-order valence-corrected chi connectivity index (χ2v) is 6.75. The number of methoxy groups -OCH3 is 1. The molecule has 0 atom stereocenters. The summed E-state index contributed by atoms with van der Waals surface area (Å²) in [5.74, 6) is -3.29. The van der Waals surface area contributed by atoms with Crippen LogP contribution in [-0.4, -0.2) is 76.5 Å². The molecule has 0 aliphatic heterocycles. The number of hydrogen-bond donors (Lipinski definition) is 7. The molecule has 4 aromatic rings. The van der Waals surface area contributed by atoms with Crippen molar-refractivity contribution in [2.45, 2.75) is 0 Å². The second kappa shape index (κ2) is 9.54. The van der Waals surface area contributed by atoms with Crippen molar-refractivity contribution in [1.29, 1.82) is 0 Å². The molecular weight excluding hydrogens is 484 g/mol. The Morgan fingerprint density at radius 2 is 1.22 bits per heavy atom. The summed E-state index contributed by atoms with van der Waals surface area (Å²) < 4.78 is 4.53. The van der Waals surface area contributed by atoms with E-state index in [1.807, 2.05) is 0 Å². The number of carbonyl (C=O) groups excluding carboxylic acids is 4. The first-order chi connectivity index (χ1) is 17.2. The van der Waals surface area contributed by atoms with Gasteiger partial charge in [-0.3, -0.25) is 29.7 Å². The summed E-state index contributed by atoms with van der Waals surface area (Å²) >= 11 is 0.